The Morgan fingerprint density at radius 1 is 1.43 bits per heavy atom. The smallest absolute Gasteiger partial charge is 0.315 e. The van der Waals surface area contributed by atoms with Crippen LogP contribution in [-0.4, -0.2) is 23.1 Å². The van der Waals surface area contributed by atoms with Crippen molar-refractivity contribution >= 4 is 27.6 Å². The molecular weight excluding hydrogens is 349 g/mol. The van der Waals surface area contributed by atoms with Crippen molar-refractivity contribution in [2.45, 2.75) is 32.8 Å². The third kappa shape index (κ3) is 5.66. The molecule has 0 saturated heterocycles. The molecule has 21 heavy (non-hydrogen) atoms. The summed E-state index contributed by atoms with van der Waals surface area (Å²) < 4.78 is 23.5. The fourth-order valence-corrected chi connectivity index (χ4v) is 1.99. The quantitative estimate of drug-likeness (QED) is 0.453. The Kier molecular flexibility index (Phi) is 5.65. The standard InChI is InChI=1S/C13H15BrFNO5/c1-13(2,3)21-11(17)4-5-20-12-9(14)6-8(15)7-10(12)16(18)19/h6-7H,4-5H2,1-3H3. The van der Waals surface area contributed by atoms with E-state index in [-0.39, 0.29) is 23.2 Å². The monoisotopic (exact) mass is 363 g/mol. The molecule has 0 N–H and O–H groups in total. The second-order valence-electron chi connectivity index (χ2n) is 5.18. The number of nitro benzene ring substituents is 1. The first-order valence-electron chi connectivity index (χ1n) is 6.08. The molecule has 6 nitrogen and oxygen atoms in total. The van der Waals surface area contributed by atoms with Crippen LogP contribution >= 0.6 is 15.9 Å². The molecule has 0 aromatic heterocycles. The Morgan fingerprint density at radius 2 is 2.05 bits per heavy atom. The Morgan fingerprint density at radius 3 is 2.57 bits per heavy atom. The number of hydrogen-bond donors (Lipinski definition) is 0. The number of halogens is 2. The Balaban J connectivity index is 2.72. The highest BCUT2D eigenvalue weighted by Gasteiger charge is 2.21. The van der Waals surface area contributed by atoms with Crippen LogP contribution in [0.5, 0.6) is 5.75 Å². The summed E-state index contributed by atoms with van der Waals surface area (Å²) in [6, 6.07) is 1.81. The summed E-state index contributed by atoms with van der Waals surface area (Å²) in [6.45, 7) is 5.08. The van der Waals surface area contributed by atoms with E-state index in [2.05, 4.69) is 15.9 Å². The zero-order chi connectivity index (χ0) is 16.2. The SMILES string of the molecule is CC(C)(C)OC(=O)CCOc1c(Br)cc(F)cc1[N+](=O)[O-]. The van der Waals surface area contributed by atoms with Crippen molar-refractivity contribution in [1.29, 1.82) is 0 Å². The van der Waals surface area contributed by atoms with Crippen molar-refractivity contribution in [3.05, 3.63) is 32.5 Å². The Bertz CT molecular complexity index is 556. The van der Waals surface area contributed by atoms with Crippen molar-refractivity contribution < 1.29 is 23.6 Å². The number of benzene rings is 1. The zero-order valence-electron chi connectivity index (χ0n) is 11.8. The highest BCUT2D eigenvalue weighted by molar-refractivity contribution is 9.10. The lowest BCUT2D eigenvalue weighted by Gasteiger charge is -2.19. The number of nitro groups is 1. The van der Waals surface area contributed by atoms with Gasteiger partial charge in [0.1, 0.15) is 11.4 Å². The van der Waals surface area contributed by atoms with Crippen LogP contribution in [0.1, 0.15) is 27.2 Å². The van der Waals surface area contributed by atoms with Crippen molar-refractivity contribution in [3.8, 4) is 5.75 Å². The van der Waals surface area contributed by atoms with E-state index < -0.39 is 28.0 Å². The average Bonchev–Trinajstić information content (AvgIpc) is 2.28. The normalized spacial score (nSPS) is 11.1. The van der Waals surface area contributed by atoms with E-state index in [0.29, 0.717) is 0 Å². The van der Waals surface area contributed by atoms with Gasteiger partial charge in [-0.25, -0.2) is 4.39 Å². The molecule has 0 unspecified atom stereocenters. The van der Waals surface area contributed by atoms with Crippen LogP contribution < -0.4 is 4.74 Å². The lowest BCUT2D eigenvalue weighted by Crippen LogP contribution is -2.24. The topological polar surface area (TPSA) is 78.7 Å². The maximum Gasteiger partial charge on any atom is 0.315 e. The molecule has 0 aliphatic heterocycles. The van der Waals surface area contributed by atoms with Crippen LogP contribution in [0, 0.1) is 15.9 Å². The molecule has 1 aromatic rings. The Labute approximate surface area is 129 Å². The minimum atomic E-state index is -0.756. The number of nitrogens with zero attached hydrogens (tertiary/aromatic N) is 1. The maximum atomic E-state index is 13.1. The fourth-order valence-electron chi connectivity index (χ4n) is 1.45. The third-order valence-corrected chi connectivity index (χ3v) is 2.75. The van der Waals surface area contributed by atoms with Crippen LogP contribution in [0.3, 0.4) is 0 Å². The molecule has 1 aromatic carbocycles. The van der Waals surface area contributed by atoms with Gasteiger partial charge in [0.2, 0.25) is 5.75 Å². The van der Waals surface area contributed by atoms with Crippen LogP contribution in [0.4, 0.5) is 10.1 Å². The minimum Gasteiger partial charge on any atom is -0.485 e. The number of ether oxygens (including phenoxy) is 2. The molecule has 0 saturated carbocycles. The molecule has 0 heterocycles. The number of carbonyl (C=O) groups excluding carboxylic acids is 1. The van der Waals surface area contributed by atoms with Gasteiger partial charge in [0.05, 0.1) is 28.5 Å². The lowest BCUT2D eigenvalue weighted by atomic mass is 10.2. The van der Waals surface area contributed by atoms with Gasteiger partial charge >= 0.3 is 11.7 Å². The summed E-state index contributed by atoms with van der Waals surface area (Å²) in [5.74, 6) is -1.36. The first-order valence-corrected chi connectivity index (χ1v) is 6.87. The summed E-state index contributed by atoms with van der Waals surface area (Å²) in [5.41, 5.74) is -1.12. The first kappa shape index (κ1) is 17.4. The van der Waals surface area contributed by atoms with E-state index in [1.807, 2.05) is 0 Å². The van der Waals surface area contributed by atoms with Gasteiger partial charge in [0.15, 0.2) is 0 Å². The van der Waals surface area contributed by atoms with Gasteiger partial charge in [-0.3, -0.25) is 14.9 Å². The summed E-state index contributed by atoms with van der Waals surface area (Å²) in [7, 11) is 0. The fraction of sp³-hybridized carbons (Fsp3) is 0.462. The zero-order valence-corrected chi connectivity index (χ0v) is 13.4. The maximum absolute atomic E-state index is 13.1. The molecule has 0 aliphatic carbocycles. The van der Waals surface area contributed by atoms with Gasteiger partial charge < -0.3 is 9.47 Å². The summed E-state index contributed by atoms with van der Waals surface area (Å²) in [4.78, 5) is 21.6. The highest BCUT2D eigenvalue weighted by Crippen LogP contribution is 2.36. The Hall–Kier alpha value is -1.70. The van der Waals surface area contributed by atoms with Gasteiger partial charge in [0, 0.05) is 0 Å². The molecule has 1 rings (SSSR count). The van der Waals surface area contributed by atoms with Crippen LogP contribution in [0.15, 0.2) is 16.6 Å². The number of esters is 1. The molecule has 0 amide bonds. The first-order chi connectivity index (χ1) is 9.60. The molecule has 0 spiro atoms. The number of hydrogen-bond acceptors (Lipinski definition) is 5. The predicted molar refractivity (Wildman–Crippen MR) is 76.7 cm³/mol. The lowest BCUT2D eigenvalue weighted by molar-refractivity contribution is -0.386. The second kappa shape index (κ2) is 6.84. The number of carbonyl (C=O) groups is 1. The van der Waals surface area contributed by atoms with E-state index in [0.717, 1.165) is 12.1 Å². The molecule has 0 radical (unpaired) electrons. The summed E-state index contributed by atoms with van der Waals surface area (Å²) in [5, 5.41) is 10.9. The van der Waals surface area contributed by atoms with Gasteiger partial charge in [0.25, 0.3) is 0 Å². The molecule has 8 heteroatoms. The van der Waals surface area contributed by atoms with Gasteiger partial charge in [-0.2, -0.15) is 0 Å². The van der Waals surface area contributed by atoms with Gasteiger partial charge in [-0.05, 0) is 42.8 Å². The second-order valence-corrected chi connectivity index (χ2v) is 6.03. The van der Waals surface area contributed by atoms with E-state index in [4.69, 9.17) is 9.47 Å². The minimum absolute atomic E-state index is 0.0712. The van der Waals surface area contributed by atoms with Crippen LogP contribution in [0.25, 0.3) is 0 Å². The van der Waals surface area contributed by atoms with Gasteiger partial charge in [-0.1, -0.05) is 0 Å². The van der Waals surface area contributed by atoms with E-state index >= 15 is 0 Å². The molecule has 0 fully saturated rings. The van der Waals surface area contributed by atoms with Crippen molar-refractivity contribution in [2.24, 2.45) is 0 Å². The van der Waals surface area contributed by atoms with Crippen LogP contribution in [0.2, 0.25) is 0 Å². The summed E-state index contributed by atoms with van der Waals surface area (Å²) >= 11 is 3.00. The van der Waals surface area contributed by atoms with Crippen LogP contribution in [-0.2, 0) is 9.53 Å². The molecular formula is C13H15BrFNO5. The van der Waals surface area contributed by atoms with Crippen molar-refractivity contribution in [1.82, 2.24) is 0 Å². The number of rotatable bonds is 5. The van der Waals surface area contributed by atoms with Crippen molar-refractivity contribution in [2.75, 3.05) is 6.61 Å². The average molecular weight is 364 g/mol. The van der Waals surface area contributed by atoms with E-state index in [1.54, 1.807) is 20.8 Å². The van der Waals surface area contributed by atoms with E-state index in [1.165, 1.54) is 0 Å². The highest BCUT2D eigenvalue weighted by atomic mass is 79.9. The van der Waals surface area contributed by atoms with E-state index in [9.17, 15) is 19.3 Å². The van der Waals surface area contributed by atoms with Gasteiger partial charge in [-0.15, -0.1) is 0 Å². The molecule has 0 bridgehead atoms. The largest absolute Gasteiger partial charge is 0.485 e. The predicted octanol–water partition coefficient (Wildman–Crippen LogP) is 3.61. The molecule has 0 aliphatic rings. The third-order valence-electron chi connectivity index (χ3n) is 2.16. The molecule has 0 atom stereocenters. The summed E-state index contributed by atoms with van der Waals surface area (Å²) in [6.07, 6.45) is -0.0712. The molecule has 116 valence electrons. The van der Waals surface area contributed by atoms with Crippen molar-refractivity contribution in [3.63, 3.8) is 0 Å².